The lowest BCUT2D eigenvalue weighted by molar-refractivity contribution is 0.0303. The molecular weight excluding hydrogens is 360 g/mol. The molecule has 28 heavy (non-hydrogen) atoms. The number of morpholine rings is 1. The van der Waals surface area contributed by atoms with Crippen LogP contribution < -0.4 is 10.1 Å². The van der Waals surface area contributed by atoms with Gasteiger partial charge in [-0.1, -0.05) is 12.1 Å². The fraction of sp³-hybridized carbons (Fsp3) is 0.238. The number of benzene rings is 2. The van der Waals surface area contributed by atoms with Crippen molar-refractivity contribution in [3.8, 4) is 5.75 Å². The van der Waals surface area contributed by atoms with Crippen molar-refractivity contribution in [2.45, 2.75) is 0 Å². The van der Waals surface area contributed by atoms with Crippen LogP contribution in [0.15, 0.2) is 52.9 Å². The highest BCUT2D eigenvalue weighted by molar-refractivity contribution is 6.05. The first-order chi connectivity index (χ1) is 13.7. The van der Waals surface area contributed by atoms with Gasteiger partial charge in [0.15, 0.2) is 17.1 Å². The Morgan fingerprint density at radius 1 is 1.07 bits per heavy atom. The summed E-state index contributed by atoms with van der Waals surface area (Å²) < 4.78 is 16.2. The van der Waals surface area contributed by atoms with Gasteiger partial charge in [0.2, 0.25) is 0 Å². The standard InChI is InChI=1S/C21H20N2O5/c1-26-17-4-2-3-15-13-18(28-19(15)17)20(24)22-16-7-5-14(6-8-16)21(25)23-9-11-27-12-10-23/h2-8,13H,9-12H2,1H3,(H,22,24). The minimum Gasteiger partial charge on any atom is -0.493 e. The van der Waals surface area contributed by atoms with Crippen molar-refractivity contribution >= 4 is 28.5 Å². The lowest BCUT2D eigenvalue weighted by Gasteiger charge is -2.26. The third kappa shape index (κ3) is 3.57. The lowest BCUT2D eigenvalue weighted by Crippen LogP contribution is -2.40. The molecule has 3 aromatic rings. The highest BCUT2D eigenvalue weighted by Gasteiger charge is 2.19. The van der Waals surface area contributed by atoms with Crippen molar-refractivity contribution in [3.63, 3.8) is 0 Å². The van der Waals surface area contributed by atoms with Crippen molar-refractivity contribution < 1.29 is 23.5 Å². The molecule has 4 rings (SSSR count). The molecule has 1 aliphatic heterocycles. The molecule has 7 nitrogen and oxygen atoms in total. The SMILES string of the molecule is COc1cccc2cc(C(=O)Nc3ccc(C(=O)N4CCOCC4)cc3)oc12. The molecule has 0 spiro atoms. The van der Waals surface area contributed by atoms with E-state index in [0.717, 1.165) is 5.39 Å². The number of para-hydroxylation sites is 1. The van der Waals surface area contributed by atoms with Gasteiger partial charge in [-0.05, 0) is 36.4 Å². The normalized spacial score (nSPS) is 14.1. The van der Waals surface area contributed by atoms with E-state index in [1.807, 2.05) is 12.1 Å². The second-order valence-electron chi connectivity index (χ2n) is 6.43. The Bertz CT molecular complexity index is 1000. The Morgan fingerprint density at radius 2 is 1.82 bits per heavy atom. The molecule has 1 aliphatic rings. The summed E-state index contributed by atoms with van der Waals surface area (Å²) in [5, 5.41) is 3.57. The van der Waals surface area contributed by atoms with Gasteiger partial charge in [0.05, 0.1) is 20.3 Å². The summed E-state index contributed by atoms with van der Waals surface area (Å²) in [6.45, 7) is 2.30. The quantitative estimate of drug-likeness (QED) is 0.752. The number of carbonyl (C=O) groups excluding carboxylic acids is 2. The molecule has 0 aliphatic carbocycles. The molecule has 0 radical (unpaired) electrons. The van der Waals surface area contributed by atoms with E-state index >= 15 is 0 Å². The van der Waals surface area contributed by atoms with Gasteiger partial charge in [-0.2, -0.15) is 0 Å². The zero-order valence-corrected chi connectivity index (χ0v) is 15.4. The molecule has 0 atom stereocenters. The first-order valence-corrected chi connectivity index (χ1v) is 9.01. The Morgan fingerprint density at radius 3 is 2.54 bits per heavy atom. The molecular formula is C21H20N2O5. The van der Waals surface area contributed by atoms with Gasteiger partial charge in [0.25, 0.3) is 11.8 Å². The molecule has 2 heterocycles. The number of fused-ring (bicyclic) bond motifs is 1. The van der Waals surface area contributed by atoms with E-state index in [1.54, 1.807) is 48.4 Å². The Hall–Kier alpha value is -3.32. The fourth-order valence-corrected chi connectivity index (χ4v) is 3.15. The van der Waals surface area contributed by atoms with E-state index < -0.39 is 0 Å². The molecule has 2 aromatic carbocycles. The maximum absolute atomic E-state index is 12.5. The molecule has 2 amide bonds. The molecule has 0 bridgehead atoms. The van der Waals surface area contributed by atoms with Crippen LogP contribution in [-0.2, 0) is 4.74 Å². The lowest BCUT2D eigenvalue weighted by atomic mass is 10.1. The monoisotopic (exact) mass is 380 g/mol. The van der Waals surface area contributed by atoms with E-state index in [0.29, 0.717) is 48.9 Å². The average molecular weight is 380 g/mol. The molecule has 0 unspecified atom stereocenters. The van der Waals surface area contributed by atoms with Crippen molar-refractivity contribution in [1.29, 1.82) is 0 Å². The number of ether oxygens (including phenoxy) is 2. The maximum atomic E-state index is 12.5. The third-order valence-corrected chi connectivity index (χ3v) is 4.64. The molecule has 1 N–H and O–H groups in total. The topological polar surface area (TPSA) is 81.0 Å². The van der Waals surface area contributed by atoms with Crippen LogP contribution in [0.4, 0.5) is 5.69 Å². The summed E-state index contributed by atoms with van der Waals surface area (Å²) >= 11 is 0. The third-order valence-electron chi connectivity index (χ3n) is 4.64. The van der Waals surface area contributed by atoms with Crippen molar-refractivity contribution in [3.05, 3.63) is 59.9 Å². The van der Waals surface area contributed by atoms with E-state index in [4.69, 9.17) is 13.9 Å². The van der Waals surface area contributed by atoms with Gasteiger partial charge < -0.3 is 24.1 Å². The van der Waals surface area contributed by atoms with Crippen LogP contribution in [0.2, 0.25) is 0 Å². The van der Waals surface area contributed by atoms with E-state index in [-0.39, 0.29) is 17.6 Å². The highest BCUT2D eigenvalue weighted by Crippen LogP contribution is 2.28. The predicted molar refractivity (Wildman–Crippen MR) is 104 cm³/mol. The van der Waals surface area contributed by atoms with Crippen LogP contribution >= 0.6 is 0 Å². The van der Waals surface area contributed by atoms with Crippen LogP contribution in [0, 0.1) is 0 Å². The van der Waals surface area contributed by atoms with Gasteiger partial charge in [-0.25, -0.2) is 0 Å². The van der Waals surface area contributed by atoms with Crippen LogP contribution in [0.25, 0.3) is 11.0 Å². The number of hydrogen-bond acceptors (Lipinski definition) is 5. The largest absolute Gasteiger partial charge is 0.493 e. The van der Waals surface area contributed by atoms with E-state index in [2.05, 4.69) is 5.32 Å². The summed E-state index contributed by atoms with van der Waals surface area (Å²) in [4.78, 5) is 26.7. The van der Waals surface area contributed by atoms with E-state index in [9.17, 15) is 9.59 Å². The second-order valence-corrected chi connectivity index (χ2v) is 6.43. The molecule has 7 heteroatoms. The summed E-state index contributed by atoms with van der Waals surface area (Å²) in [7, 11) is 1.55. The van der Waals surface area contributed by atoms with Gasteiger partial charge in [0.1, 0.15) is 0 Å². The number of nitrogens with zero attached hydrogens (tertiary/aromatic N) is 1. The number of anilines is 1. The number of rotatable bonds is 4. The minimum absolute atomic E-state index is 0.0365. The predicted octanol–water partition coefficient (Wildman–Crippen LogP) is 3.17. The molecule has 1 fully saturated rings. The van der Waals surface area contributed by atoms with Crippen LogP contribution in [-0.4, -0.2) is 50.1 Å². The molecule has 0 saturated carbocycles. The highest BCUT2D eigenvalue weighted by atomic mass is 16.5. The smallest absolute Gasteiger partial charge is 0.291 e. The Kier molecular flexibility index (Phi) is 4.99. The van der Waals surface area contributed by atoms with Gasteiger partial charge in [-0.3, -0.25) is 9.59 Å². The van der Waals surface area contributed by atoms with Crippen LogP contribution in [0.3, 0.4) is 0 Å². The van der Waals surface area contributed by atoms with Crippen LogP contribution in [0.5, 0.6) is 5.75 Å². The Labute approximate surface area is 161 Å². The molecule has 1 saturated heterocycles. The zero-order valence-electron chi connectivity index (χ0n) is 15.4. The summed E-state index contributed by atoms with van der Waals surface area (Å²) in [6, 6.07) is 13.9. The van der Waals surface area contributed by atoms with Gasteiger partial charge in [-0.15, -0.1) is 0 Å². The summed E-state index contributed by atoms with van der Waals surface area (Å²) in [5.74, 6) is 0.353. The molecule has 1 aromatic heterocycles. The number of carbonyl (C=O) groups is 2. The number of hydrogen-bond donors (Lipinski definition) is 1. The first kappa shape index (κ1) is 18.1. The van der Waals surface area contributed by atoms with E-state index in [1.165, 1.54) is 0 Å². The number of furan rings is 1. The van der Waals surface area contributed by atoms with Crippen molar-refractivity contribution in [2.24, 2.45) is 0 Å². The van der Waals surface area contributed by atoms with Crippen molar-refractivity contribution in [1.82, 2.24) is 4.90 Å². The summed E-state index contributed by atoms with van der Waals surface area (Å²) in [5.41, 5.74) is 1.69. The van der Waals surface area contributed by atoms with Gasteiger partial charge in [0, 0.05) is 29.7 Å². The summed E-state index contributed by atoms with van der Waals surface area (Å²) in [6.07, 6.45) is 0. The Balaban J connectivity index is 1.47. The van der Waals surface area contributed by atoms with Crippen molar-refractivity contribution in [2.75, 3.05) is 38.7 Å². The number of methoxy groups -OCH3 is 1. The molecule has 144 valence electrons. The fourth-order valence-electron chi connectivity index (χ4n) is 3.15. The second kappa shape index (κ2) is 7.74. The minimum atomic E-state index is -0.370. The maximum Gasteiger partial charge on any atom is 0.291 e. The first-order valence-electron chi connectivity index (χ1n) is 9.01. The number of amides is 2. The van der Waals surface area contributed by atoms with Gasteiger partial charge >= 0.3 is 0 Å². The zero-order chi connectivity index (χ0) is 19.5. The number of nitrogens with one attached hydrogen (secondary N) is 1. The average Bonchev–Trinajstić information content (AvgIpc) is 3.19. The van der Waals surface area contributed by atoms with Crippen LogP contribution in [0.1, 0.15) is 20.9 Å².